The second-order valence-corrected chi connectivity index (χ2v) is 2.78. The summed E-state index contributed by atoms with van der Waals surface area (Å²) in [6, 6.07) is 8.40. The van der Waals surface area contributed by atoms with Crippen molar-refractivity contribution in [3.63, 3.8) is 0 Å². The standard InChI is InChI=1S/C12H14/c1-4-10(3)12-8-6-7-11(5-2)9-12/h4,6-9H,1,3,5H2,2H3. The molecule has 0 heterocycles. The molecule has 0 aliphatic carbocycles. The highest BCUT2D eigenvalue weighted by atomic mass is 14.0. The van der Waals surface area contributed by atoms with Gasteiger partial charge >= 0.3 is 0 Å². The van der Waals surface area contributed by atoms with Crippen molar-refractivity contribution in [1.82, 2.24) is 0 Å². The van der Waals surface area contributed by atoms with Crippen molar-refractivity contribution in [2.24, 2.45) is 0 Å². The summed E-state index contributed by atoms with van der Waals surface area (Å²) in [5, 5.41) is 0. The van der Waals surface area contributed by atoms with Gasteiger partial charge in [0.2, 0.25) is 0 Å². The molecule has 0 nitrogen and oxygen atoms in total. The topological polar surface area (TPSA) is 0 Å². The van der Waals surface area contributed by atoms with Crippen molar-refractivity contribution in [3.8, 4) is 0 Å². The largest absolute Gasteiger partial charge is 0.0985 e. The van der Waals surface area contributed by atoms with Gasteiger partial charge in [0.05, 0.1) is 0 Å². The molecular weight excluding hydrogens is 144 g/mol. The maximum Gasteiger partial charge on any atom is -0.0187 e. The molecule has 12 heavy (non-hydrogen) atoms. The fraction of sp³-hybridized carbons (Fsp3) is 0.167. The van der Waals surface area contributed by atoms with Crippen LogP contribution in [-0.4, -0.2) is 0 Å². The van der Waals surface area contributed by atoms with Crippen LogP contribution in [0.15, 0.2) is 43.5 Å². The molecule has 0 aliphatic heterocycles. The summed E-state index contributed by atoms with van der Waals surface area (Å²) in [5.74, 6) is 0. The lowest BCUT2D eigenvalue weighted by molar-refractivity contribution is 1.14. The Morgan fingerprint density at radius 1 is 1.50 bits per heavy atom. The van der Waals surface area contributed by atoms with E-state index < -0.39 is 0 Å². The van der Waals surface area contributed by atoms with Crippen LogP contribution in [0.5, 0.6) is 0 Å². The van der Waals surface area contributed by atoms with Gasteiger partial charge in [-0.3, -0.25) is 0 Å². The zero-order valence-corrected chi connectivity index (χ0v) is 7.51. The molecular formula is C12H14. The van der Waals surface area contributed by atoms with E-state index in [-0.39, 0.29) is 0 Å². The summed E-state index contributed by atoms with van der Waals surface area (Å²) < 4.78 is 0. The summed E-state index contributed by atoms with van der Waals surface area (Å²) in [5.41, 5.74) is 3.50. The monoisotopic (exact) mass is 158 g/mol. The highest BCUT2D eigenvalue weighted by Crippen LogP contribution is 2.14. The number of aryl methyl sites for hydroxylation is 1. The minimum atomic E-state index is 0.991. The Kier molecular flexibility index (Phi) is 2.87. The summed E-state index contributed by atoms with van der Waals surface area (Å²) in [4.78, 5) is 0. The summed E-state index contributed by atoms with van der Waals surface area (Å²) in [6.07, 6.45) is 2.85. The molecule has 0 N–H and O–H groups in total. The van der Waals surface area contributed by atoms with Crippen molar-refractivity contribution in [3.05, 3.63) is 54.6 Å². The second-order valence-electron chi connectivity index (χ2n) is 2.78. The van der Waals surface area contributed by atoms with E-state index in [1.165, 1.54) is 11.1 Å². The molecule has 0 spiro atoms. The summed E-state index contributed by atoms with van der Waals surface area (Å²) in [7, 11) is 0. The van der Waals surface area contributed by atoms with Crippen LogP contribution < -0.4 is 0 Å². The number of rotatable bonds is 3. The van der Waals surface area contributed by atoms with Crippen molar-refractivity contribution in [2.45, 2.75) is 13.3 Å². The molecule has 1 rings (SSSR count). The van der Waals surface area contributed by atoms with Crippen LogP contribution in [0.2, 0.25) is 0 Å². The van der Waals surface area contributed by atoms with Crippen molar-refractivity contribution >= 4 is 5.57 Å². The Hall–Kier alpha value is -1.30. The van der Waals surface area contributed by atoms with Crippen LogP contribution >= 0.6 is 0 Å². The van der Waals surface area contributed by atoms with E-state index >= 15 is 0 Å². The lowest BCUT2D eigenvalue weighted by Crippen LogP contribution is -1.83. The molecule has 0 aliphatic rings. The highest BCUT2D eigenvalue weighted by molar-refractivity contribution is 5.71. The first-order valence-electron chi connectivity index (χ1n) is 4.18. The minimum absolute atomic E-state index is 0.991. The molecule has 0 radical (unpaired) electrons. The van der Waals surface area contributed by atoms with E-state index in [1.807, 2.05) is 0 Å². The normalized spacial score (nSPS) is 9.42. The van der Waals surface area contributed by atoms with Crippen LogP contribution in [0.1, 0.15) is 18.1 Å². The number of allylic oxidation sites excluding steroid dienone is 2. The van der Waals surface area contributed by atoms with Crippen molar-refractivity contribution in [2.75, 3.05) is 0 Å². The predicted octanol–water partition coefficient (Wildman–Crippen LogP) is 3.45. The Balaban J connectivity index is 3.01. The van der Waals surface area contributed by atoms with Crippen LogP contribution in [-0.2, 0) is 6.42 Å². The van der Waals surface area contributed by atoms with Gasteiger partial charge in [-0.05, 0) is 23.1 Å². The van der Waals surface area contributed by atoms with E-state index in [0.717, 1.165) is 12.0 Å². The van der Waals surface area contributed by atoms with Gasteiger partial charge < -0.3 is 0 Å². The minimum Gasteiger partial charge on any atom is -0.0985 e. The maximum atomic E-state index is 3.90. The fourth-order valence-corrected chi connectivity index (χ4v) is 1.11. The van der Waals surface area contributed by atoms with Gasteiger partial charge in [0.25, 0.3) is 0 Å². The third kappa shape index (κ3) is 1.85. The highest BCUT2D eigenvalue weighted by Gasteiger charge is 1.94. The number of hydrogen-bond acceptors (Lipinski definition) is 0. The molecule has 0 heteroatoms. The number of hydrogen-bond donors (Lipinski definition) is 0. The van der Waals surface area contributed by atoms with Gasteiger partial charge in [-0.25, -0.2) is 0 Å². The molecule has 1 aromatic carbocycles. The lowest BCUT2D eigenvalue weighted by atomic mass is 10.0. The summed E-state index contributed by atoms with van der Waals surface area (Å²) >= 11 is 0. The van der Waals surface area contributed by atoms with E-state index in [0.29, 0.717) is 0 Å². The van der Waals surface area contributed by atoms with Gasteiger partial charge in [0, 0.05) is 0 Å². The molecule has 1 aromatic rings. The Labute approximate surface area is 74.2 Å². The van der Waals surface area contributed by atoms with Crippen LogP contribution in [0.3, 0.4) is 0 Å². The zero-order chi connectivity index (χ0) is 8.97. The molecule has 62 valence electrons. The molecule has 0 fully saturated rings. The Bertz CT molecular complexity index is 295. The SMILES string of the molecule is C=CC(=C)c1cccc(CC)c1. The first-order valence-corrected chi connectivity index (χ1v) is 4.18. The van der Waals surface area contributed by atoms with Gasteiger partial charge in [-0.1, -0.05) is 50.4 Å². The average molecular weight is 158 g/mol. The molecule has 0 saturated heterocycles. The van der Waals surface area contributed by atoms with Crippen LogP contribution in [0.4, 0.5) is 0 Å². The number of benzene rings is 1. The molecule has 0 amide bonds. The quantitative estimate of drug-likeness (QED) is 0.591. The van der Waals surface area contributed by atoms with Crippen molar-refractivity contribution in [1.29, 1.82) is 0 Å². The first-order chi connectivity index (χ1) is 5.77. The van der Waals surface area contributed by atoms with Gasteiger partial charge in [-0.2, -0.15) is 0 Å². The van der Waals surface area contributed by atoms with Crippen LogP contribution in [0.25, 0.3) is 5.57 Å². The smallest absolute Gasteiger partial charge is 0.0187 e. The van der Waals surface area contributed by atoms with E-state index in [9.17, 15) is 0 Å². The lowest BCUT2D eigenvalue weighted by Gasteiger charge is -2.02. The molecule has 0 aromatic heterocycles. The molecule has 0 saturated carbocycles. The van der Waals surface area contributed by atoms with E-state index in [4.69, 9.17) is 0 Å². The summed E-state index contributed by atoms with van der Waals surface area (Å²) in [6.45, 7) is 9.74. The Morgan fingerprint density at radius 3 is 2.83 bits per heavy atom. The van der Waals surface area contributed by atoms with Crippen LogP contribution in [0, 0.1) is 0 Å². The maximum absolute atomic E-state index is 3.90. The zero-order valence-electron chi connectivity index (χ0n) is 7.51. The molecule has 0 unspecified atom stereocenters. The molecule has 0 bridgehead atoms. The average Bonchev–Trinajstić information content (AvgIpc) is 2.17. The first kappa shape index (κ1) is 8.79. The van der Waals surface area contributed by atoms with Gasteiger partial charge in [-0.15, -0.1) is 0 Å². The predicted molar refractivity (Wildman–Crippen MR) is 55.1 cm³/mol. The third-order valence-electron chi connectivity index (χ3n) is 1.95. The van der Waals surface area contributed by atoms with E-state index in [1.54, 1.807) is 6.08 Å². The fourth-order valence-electron chi connectivity index (χ4n) is 1.11. The third-order valence-corrected chi connectivity index (χ3v) is 1.95. The van der Waals surface area contributed by atoms with Gasteiger partial charge in [0.1, 0.15) is 0 Å². The van der Waals surface area contributed by atoms with Crippen molar-refractivity contribution < 1.29 is 0 Å². The second kappa shape index (κ2) is 3.91. The van der Waals surface area contributed by atoms with Gasteiger partial charge in [0.15, 0.2) is 0 Å². The Morgan fingerprint density at radius 2 is 2.25 bits per heavy atom. The van der Waals surface area contributed by atoms with E-state index in [2.05, 4.69) is 44.3 Å². The molecule has 0 atom stereocenters.